The van der Waals surface area contributed by atoms with Crippen LogP contribution in [0.3, 0.4) is 0 Å². The van der Waals surface area contributed by atoms with E-state index in [1.54, 1.807) is 6.07 Å². The van der Waals surface area contributed by atoms with Crippen LogP contribution in [0.5, 0.6) is 0 Å². The van der Waals surface area contributed by atoms with E-state index in [2.05, 4.69) is 0 Å². The maximum absolute atomic E-state index is 13.3. The molecule has 1 saturated carbocycles. The summed E-state index contributed by atoms with van der Waals surface area (Å²) in [6, 6.07) is 6.71. The lowest BCUT2D eigenvalue weighted by Gasteiger charge is -2.25. The first-order valence-corrected chi connectivity index (χ1v) is 7.58. The molecule has 2 atom stereocenters. The molecular weight excluding hydrogens is 307 g/mol. The molecule has 22 heavy (non-hydrogen) atoms. The summed E-state index contributed by atoms with van der Waals surface area (Å²) >= 11 is 0. The van der Waals surface area contributed by atoms with Crippen molar-refractivity contribution in [2.75, 3.05) is 6.54 Å². The molecule has 0 aromatic heterocycles. The minimum absolute atomic E-state index is 0. The highest BCUT2D eigenvalue weighted by Gasteiger charge is 2.39. The van der Waals surface area contributed by atoms with Gasteiger partial charge in [0.15, 0.2) is 0 Å². The van der Waals surface area contributed by atoms with Gasteiger partial charge in [0.25, 0.3) is 5.91 Å². The Morgan fingerprint density at radius 2 is 2.09 bits per heavy atom. The smallest absolute Gasteiger partial charge is 0.252 e. The summed E-state index contributed by atoms with van der Waals surface area (Å²) in [6.07, 6.45) is 3.22. The molecule has 3 rings (SSSR count). The summed E-state index contributed by atoms with van der Waals surface area (Å²) < 4.78 is 19.0. The molecule has 0 bridgehead atoms. The highest BCUT2D eigenvalue weighted by Crippen LogP contribution is 2.31. The largest absolute Gasteiger partial charge is 0.364 e. The Labute approximate surface area is 136 Å². The molecule has 0 radical (unpaired) electrons. The summed E-state index contributed by atoms with van der Waals surface area (Å²) in [6.45, 7) is 0.908. The third kappa shape index (κ3) is 3.97. The molecular formula is C16H22ClFN2O2. The van der Waals surface area contributed by atoms with Gasteiger partial charge in [0, 0.05) is 19.1 Å². The summed E-state index contributed by atoms with van der Waals surface area (Å²) in [5.41, 5.74) is 6.42. The number of carbonyl (C=O) groups is 1. The van der Waals surface area contributed by atoms with Crippen molar-refractivity contribution >= 4 is 18.3 Å². The predicted molar refractivity (Wildman–Crippen MR) is 84.2 cm³/mol. The second kappa shape index (κ2) is 7.40. The van der Waals surface area contributed by atoms with Crippen molar-refractivity contribution in [2.45, 2.75) is 50.5 Å². The summed E-state index contributed by atoms with van der Waals surface area (Å²) in [7, 11) is 0. The Hall–Kier alpha value is -1.17. The van der Waals surface area contributed by atoms with Gasteiger partial charge < -0.3 is 15.4 Å². The van der Waals surface area contributed by atoms with Gasteiger partial charge in [0.1, 0.15) is 11.9 Å². The van der Waals surface area contributed by atoms with Crippen LogP contribution in [-0.2, 0) is 16.1 Å². The average Bonchev–Trinajstić information content (AvgIpc) is 3.20. The monoisotopic (exact) mass is 328 g/mol. The van der Waals surface area contributed by atoms with Crippen LogP contribution in [0.25, 0.3) is 0 Å². The topological polar surface area (TPSA) is 55.6 Å². The average molecular weight is 329 g/mol. The van der Waals surface area contributed by atoms with E-state index in [9.17, 15) is 9.18 Å². The van der Waals surface area contributed by atoms with Crippen LogP contribution in [0.4, 0.5) is 4.39 Å². The van der Waals surface area contributed by atoms with Crippen LogP contribution in [0.15, 0.2) is 24.3 Å². The Bertz CT molecular complexity index is 525. The third-order valence-electron chi connectivity index (χ3n) is 4.16. The number of halogens is 2. The first-order valence-electron chi connectivity index (χ1n) is 7.58. The van der Waals surface area contributed by atoms with Crippen LogP contribution >= 0.6 is 12.4 Å². The molecule has 1 saturated heterocycles. The van der Waals surface area contributed by atoms with Crippen molar-refractivity contribution in [3.8, 4) is 0 Å². The molecule has 0 unspecified atom stereocenters. The number of benzene rings is 1. The predicted octanol–water partition coefficient (Wildman–Crippen LogP) is 2.24. The molecule has 0 spiro atoms. The standard InChI is InChI=1S/C16H21FN2O2.ClH/c17-12-3-1-2-11(8-12)10-19(13-4-5-13)16(20)15-7-6-14(9-18)21-15;/h1-3,8,13-15H,4-7,9-10,18H2;1H/t14-,15+;/m1./s1. The Morgan fingerprint density at radius 3 is 2.68 bits per heavy atom. The first kappa shape index (κ1) is 17.2. The number of hydrogen-bond donors (Lipinski definition) is 1. The number of nitrogens with two attached hydrogens (primary N) is 1. The minimum atomic E-state index is -0.382. The number of amides is 1. The molecule has 1 aliphatic heterocycles. The number of nitrogens with zero attached hydrogens (tertiary/aromatic N) is 1. The van der Waals surface area contributed by atoms with E-state index in [0.29, 0.717) is 13.1 Å². The molecule has 2 N–H and O–H groups in total. The van der Waals surface area contributed by atoms with Gasteiger partial charge in [-0.05, 0) is 43.4 Å². The van der Waals surface area contributed by atoms with E-state index >= 15 is 0 Å². The molecule has 122 valence electrons. The number of hydrogen-bond acceptors (Lipinski definition) is 3. The normalized spacial score (nSPS) is 23.9. The Balaban J connectivity index is 0.00000176. The second-order valence-electron chi connectivity index (χ2n) is 5.89. The van der Waals surface area contributed by atoms with E-state index in [-0.39, 0.29) is 42.4 Å². The lowest BCUT2D eigenvalue weighted by Crippen LogP contribution is -2.40. The van der Waals surface area contributed by atoms with Crippen molar-refractivity contribution in [3.05, 3.63) is 35.6 Å². The van der Waals surface area contributed by atoms with Crippen molar-refractivity contribution < 1.29 is 13.9 Å². The molecule has 2 aliphatic rings. The van der Waals surface area contributed by atoms with E-state index in [1.807, 2.05) is 11.0 Å². The lowest BCUT2D eigenvalue weighted by molar-refractivity contribution is -0.144. The molecule has 4 nitrogen and oxygen atoms in total. The van der Waals surface area contributed by atoms with E-state index < -0.39 is 0 Å². The fraction of sp³-hybridized carbons (Fsp3) is 0.562. The van der Waals surface area contributed by atoms with Crippen molar-refractivity contribution in [3.63, 3.8) is 0 Å². The fourth-order valence-electron chi connectivity index (χ4n) is 2.85. The summed E-state index contributed by atoms with van der Waals surface area (Å²) in [5.74, 6) is -0.242. The quantitative estimate of drug-likeness (QED) is 0.902. The highest BCUT2D eigenvalue weighted by atomic mass is 35.5. The number of carbonyl (C=O) groups excluding carboxylic acids is 1. The molecule has 1 heterocycles. The van der Waals surface area contributed by atoms with E-state index in [1.165, 1.54) is 12.1 Å². The van der Waals surface area contributed by atoms with Gasteiger partial charge in [-0.15, -0.1) is 12.4 Å². The van der Waals surface area contributed by atoms with Crippen molar-refractivity contribution in [1.29, 1.82) is 0 Å². The Morgan fingerprint density at radius 1 is 1.32 bits per heavy atom. The minimum Gasteiger partial charge on any atom is -0.364 e. The maximum atomic E-state index is 13.3. The van der Waals surface area contributed by atoms with Crippen LogP contribution in [0, 0.1) is 5.82 Å². The van der Waals surface area contributed by atoms with Gasteiger partial charge in [0.05, 0.1) is 6.10 Å². The van der Waals surface area contributed by atoms with Gasteiger partial charge in [-0.2, -0.15) is 0 Å². The number of ether oxygens (including phenoxy) is 1. The van der Waals surface area contributed by atoms with Crippen molar-refractivity contribution in [1.82, 2.24) is 4.90 Å². The molecule has 2 fully saturated rings. The summed E-state index contributed by atoms with van der Waals surface area (Å²) in [4.78, 5) is 14.5. The van der Waals surface area contributed by atoms with Gasteiger partial charge >= 0.3 is 0 Å². The van der Waals surface area contributed by atoms with Gasteiger partial charge in [-0.3, -0.25) is 4.79 Å². The third-order valence-corrected chi connectivity index (χ3v) is 4.16. The Kier molecular flexibility index (Phi) is 5.78. The maximum Gasteiger partial charge on any atom is 0.252 e. The van der Waals surface area contributed by atoms with E-state index in [4.69, 9.17) is 10.5 Å². The highest BCUT2D eigenvalue weighted by molar-refractivity contribution is 5.85. The van der Waals surface area contributed by atoms with Gasteiger partial charge in [-0.1, -0.05) is 12.1 Å². The second-order valence-corrected chi connectivity index (χ2v) is 5.89. The molecule has 6 heteroatoms. The van der Waals surface area contributed by atoms with Crippen LogP contribution in [0.2, 0.25) is 0 Å². The van der Waals surface area contributed by atoms with Crippen LogP contribution < -0.4 is 5.73 Å². The zero-order valence-electron chi connectivity index (χ0n) is 12.4. The first-order chi connectivity index (χ1) is 10.2. The van der Waals surface area contributed by atoms with Crippen molar-refractivity contribution in [2.24, 2.45) is 5.73 Å². The van der Waals surface area contributed by atoms with E-state index in [0.717, 1.165) is 31.2 Å². The zero-order chi connectivity index (χ0) is 14.8. The molecule has 1 aromatic carbocycles. The number of rotatable bonds is 5. The molecule has 1 aromatic rings. The zero-order valence-corrected chi connectivity index (χ0v) is 13.2. The summed E-state index contributed by atoms with van der Waals surface area (Å²) in [5, 5.41) is 0. The van der Waals surface area contributed by atoms with Gasteiger partial charge in [-0.25, -0.2) is 4.39 Å². The van der Waals surface area contributed by atoms with Crippen LogP contribution in [0.1, 0.15) is 31.2 Å². The molecule has 1 aliphatic carbocycles. The SMILES string of the molecule is Cl.NC[C@H]1CC[C@@H](C(=O)N(Cc2cccc(F)c2)C2CC2)O1. The van der Waals surface area contributed by atoms with Gasteiger partial charge in [0.2, 0.25) is 0 Å². The molecule has 1 amide bonds. The lowest BCUT2D eigenvalue weighted by atomic mass is 10.1. The van der Waals surface area contributed by atoms with Crippen LogP contribution in [-0.4, -0.2) is 35.6 Å². The fourth-order valence-corrected chi connectivity index (χ4v) is 2.85.